The van der Waals surface area contributed by atoms with Crippen LogP contribution in [-0.4, -0.2) is 25.1 Å². The van der Waals surface area contributed by atoms with Gasteiger partial charge in [-0.25, -0.2) is 4.79 Å². The first-order valence-electron chi connectivity index (χ1n) is 8.12. The predicted molar refractivity (Wildman–Crippen MR) is 97.7 cm³/mol. The van der Waals surface area contributed by atoms with E-state index in [2.05, 4.69) is 5.32 Å². The van der Waals surface area contributed by atoms with Crippen LogP contribution < -0.4 is 10.1 Å². The molecule has 0 radical (unpaired) electrons. The number of rotatable bonds is 7. The minimum atomic E-state index is -0.468. The predicted octanol–water partition coefficient (Wildman–Crippen LogP) is 3.91. The van der Waals surface area contributed by atoms with Crippen LogP contribution in [0.5, 0.6) is 5.75 Å². The summed E-state index contributed by atoms with van der Waals surface area (Å²) in [5.41, 5.74) is 1.53. The quantitative estimate of drug-likeness (QED) is 0.613. The maximum atomic E-state index is 12.2. The third-order valence-electron chi connectivity index (χ3n) is 3.31. The average Bonchev–Trinajstić information content (AvgIpc) is 2.62. The van der Waals surface area contributed by atoms with E-state index >= 15 is 0 Å². The highest BCUT2D eigenvalue weighted by Crippen LogP contribution is 2.20. The van der Waals surface area contributed by atoms with Gasteiger partial charge in [-0.2, -0.15) is 0 Å². The molecule has 0 aliphatic heterocycles. The van der Waals surface area contributed by atoms with Gasteiger partial charge in [0.25, 0.3) is 0 Å². The summed E-state index contributed by atoms with van der Waals surface area (Å²) in [4.78, 5) is 24.1. The Morgan fingerprint density at radius 1 is 1.00 bits per heavy atom. The van der Waals surface area contributed by atoms with Gasteiger partial charge in [0.15, 0.2) is 0 Å². The maximum Gasteiger partial charge on any atom is 0.340 e. The van der Waals surface area contributed by atoms with Crippen LogP contribution in [0.2, 0.25) is 0 Å². The fourth-order valence-corrected chi connectivity index (χ4v) is 2.22. The molecule has 0 heterocycles. The first-order chi connectivity index (χ1) is 12.2. The summed E-state index contributed by atoms with van der Waals surface area (Å²) in [6.45, 7) is 4.45. The molecule has 0 aromatic heterocycles. The standard InChI is InChI=1S/C20H21NO4/c1-3-24-18-12-8-5-9-15(18)13-14-19(22)21-17-11-7-6-10-16(17)20(23)25-4-2/h5-14H,3-4H2,1-2H3,(H,21,22)/b14-13+. The van der Waals surface area contributed by atoms with E-state index in [1.165, 1.54) is 6.08 Å². The van der Waals surface area contributed by atoms with E-state index < -0.39 is 5.97 Å². The van der Waals surface area contributed by atoms with Gasteiger partial charge < -0.3 is 14.8 Å². The van der Waals surface area contributed by atoms with Crippen molar-refractivity contribution in [3.63, 3.8) is 0 Å². The zero-order chi connectivity index (χ0) is 18.1. The Morgan fingerprint density at radius 3 is 2.48 bits per heavy atom. The summed E-state index contributed by atoms with van der Waals surface area (Å²) in [5.74, 6) is -0.104. The molecule has 5 nitrogen and oxygen atoms in total. The second-order valence-corrected chi connectivity index (χ2v) is 5.06. The summed E-state index contributed by atoms with van der Waals surface area (Å²) in [5, 5.41) is 2.70. The number of ether oxygens (including phenoxy) is 2. The van der Waals surface area contributed by atoms with Crippen LogP contribution in [0.25, 0.3) is 6.08 Å². The fraction of sp³-hybridized carbons (Fsp3) is 0.200. The normalized spacial score (nSPS) is 10.5. The van der Waals surface area contributed by atoms with E-state index in [-0.39, 0.29) is 12.5 Å². The number of anilines is 1. The van der Waals surface area contributed by atoms with Crippen molar-refractivity contribution in [3.05, 3.63) is 65.7 Å². The smallest absolute Gasteiger partial charge is 0.340 e. The van der Waals surface area contributed by atoms with Gasteiger partial charge in [-0.05, 0) is 38.1 Å². The molecule has 0 aliphatic rings. The molecule has 0 bridgehead atoms. The van der Waals surface area contributed by atoms with E-state index in [4.69, 9.17) is 9.47 Å². The van der Waals surface area contributed by atoms with Crippen LogP contribution in [0, 0.1) is 0 Å². The Hall–Kier alpha value is -3.08. The van der Waals surface area contributed by atoms with E-state index in [1.54, 1.807) is 37.3 Å². The Labute approximate surface area is 147 Å². The van der Waals surface area contributed by atoms with Gasteiger partial charge in [0.2, 0.25) is 5.91 Å². The van der Waals surface area contributed by atoms with Crippen molar-refractivity contribution < 1.29 is 19.1 Å². The van der Waals surface area contributed by atoms with Crippen molar-refractivity contribution in [2.24, 2.45) is 0 Å². The van der Waals surface area contributed by atoms with E-state index in [0.29, 0.717) is 23.6 Å². The second kappa shape index (κ2) is 9.27. The lowest BCUT2D eigenvalue weighted by Gasteiger charge is -2.09. The molecule has 0 fully saturated rings. The molecule has 1 amide bonds. The first-order valence-corrected chi connectivity index (χ1v) is 8.12. The molecule has 0 spiro atoms. The molecule has 2 aromatic carbocycles. The number of benzene rings is 2. The molecular formula is C20H21NO4. The topological polar surface area (TPSA) is 64.6 Å². The monoisotopic (exact) mass is 339 g/mol. The fourth-order valence-electron chi connectivity index (χ4n) is 2.22. The van der Waals surface area contributed by atoms with Crippen LogP contribution in [0.1, 0.15) is 29.8 Å². The Balaban J connectivity index is 2.12. The van der Waals surface area contributed by atoms with Gasteiger partial charge in [-0.15, -0.1) is 0 Å². The summed E-state index contributed by atoms with van der Waals surface area (Å²) < 4.78 is 10.5. The Morgan fingerprint density at radius 2 is 1.72 bits per heavy atom. The van der Waals surface area contributed by atoms with Crippen LogP contribution >= 0.6 is 0 Å². The molecule has 0 saturated carbocycles. The van der Waals surface area contributed by atoms with Crippen molar-refractivity contribution in [1.29, 1.82) is 0 Å². The minimum Gasteiger partial charge on any atom is -0.493 e. The zero-order valence-corrected chi connectivity index (χ0v) is 14.3. The maximum absolute atomic E-state index is 12.2. The molecule has 130 valence electrons. The molecule has 0 aliphatic carbocycles. The van der Waals surface area contributed by atoms with E-state index in [1.807, 2.05) is 31.2 Å². The highest BCUT2D eigenvalue weighted by molar-refractivity contribution is 6.06. The molecule has 0 saturated heterocycles. The lowest BCUT2D eigenvalue weighted by atomic mass is 10.1. The average molecular weight is 339 g/mol. The highest BCUT2D eigenvalue weighted by Gasteiger charge is 2.12. The number of para-hydroxylation sites is 2. The Bertz CT molecular complexity index is 768. The largest absolute Gasteiger partial charge is 0.493 e. The summed E-state index contributed by atoms with van der Waals surface area (Å²) >= 11 is 0. The van der Waals surface area contributed by atoms with Crippen molar-refractivity contribution in [1.82, 2.24) is 0 Å². The summed E-state index contributed by atoms with van der Waals surface area (Å²) in [6.07, 6.45) is 3.08. The Kier molecular flexibility index (Phi) is 6.77. The van der Waals surface area contributed by atoms with Gasteiger partial charge in [0.05, 0.1) is 24.5 Å². The van der Waals surface area contributed by atoms with Crippen molar-refractivity contribution in [2.75, 3.05) is 18.5 Å². The molecule has 0 unspecified atom stereocenters. The molecule has 1 N–H and O–H groups in total. The van der Waals surface area contributed by atoms with Crippen LogP contribution in [0.3, 0.4) is 0 Å². The third-order valence-corrected chi connectivity index (χ3v) is 3.31. The number of hydrogen-bond acceptors (Lipinski definition) is 4. The van der Waals surface area contributed by atoms with E-state index in [9.17, 15) is 9.59 Å². The molecule has 5 heteroatoms. The second-order valence-electron chi connectivity index (χ2n) is 5.06. The summed E-state index contributed by atoms with van der Waals surface area (Å²) in [6, 6.07) is 14.2. The number of carbonyl (C=O) groups excluding carboxylic acids is 2. The molecule has 25 heavy (non-hydrogen) atoms. The number of esters is 1. The number of carbonyl (C=O) groups is 2. The van der Waals surface area contributed by atoms with Gasteiger partial charge in [0, 0.05) is 11.6 Å². The van der Waals surface area contributed by atoms with Crippen LogP contribution in [0.4, 0.5) is 5.69 Å². The first kappa shape index (κ1) is 18.3. The lowest BCUT2D eigenvalue weighted by Crippen LogP contribution is -2.13. The number of amides is 1. The lowest BCUT2D eigenvalue weighted by molar-refractivity contribution is -0.111. The molecular weight excluding hydrogens is 318 g/mol. The minimum absolute atomic E-state index is 0.273. The molecule has 2 aromatic rings. The van der Waals surface area contributed by atoms with Gasteiger partial charge in [-0.1, -0.05) is 30.3 Å². The van der Waals surface area contributed by atoms with Crippen molar-refractivity contribution in [3.8, 4) is 5.75 Å². The SMILES string of the molecule is CCOC(=O)c1ccccc1NC(=O)/C=C/c1ccccc1OCC. The van der Waals surface area contributed by atoms with Crippen LogP contribution in [-0.2, 0) is 9.53 Å². The molecule has 2 rings (SSSR count). The van der Waals surface area contributed by atoms with Gasteiger partial charge in [-0.3, -0.25) is 4.79 Å². The highest BCUT2D eigenvalue weighted by atomic mass is 16.5. The summed E-state index contributed by atoms with van der Waals surface area (Å²) in [7, 11) is 0. The number of hydrogen-bond donors (Lipinski definition) is 1. The van der Waals surface area contributed by atoms with Gasteiger partial charge >= 0.3 is 5.97 Å². The molecule has 0 atom stereocenters. The number of nitrogens with one attached hydrogen (secondary N) is 1. The van der Waals surface area contributed by atoms with Gasteiger partial charge in [0.1, 0.15) is 5.75 Å². The van der Waals surface area contributed by atoms with Crippen molar-refractivity contribution >= 4 is 23.6 Å². The third kappa shape index (κ3) is 5.21. The van der Waals surface area contributed by atoms with Crippen LogP contribution in [0.15, 0.2) is 54.6 Å². The zero-order valence-electron chi connectivity index (χ0n) is 14.3. The van der Waals surface area contributed by atoms with Crippen molar-refractivity contribution in [2.45, 2.75) is 13.8 Å². The van der Waals surface area contributed by atoms with E-state index in [0.717, 1.165) is 5.56 Å².